The Morgan fingerprint density at radius 3 is 2.63 bits per heavy atom. The molecule has 0 radical (unpaired) electrons. The van der Waals surface area contributed by atoms with Crippen molar-refractivity contribution in [1.29, 1.82) is 0 Å². The Hall–Kier alpha value is -1.07. The Morgan fingerprint density at radius 2 is 1.95 bits per heavy atom. The van der Waals surface area contributed by atoms with E-state index in [-0.39, 0.29) is 5.82 Å². The number of ether oxygens (including phenoxy) is 1. The molecular formula is C14H12Br2FNO. The summed E-state index contributed by atoms with van der Waals surface area (Å²) in [5.41, 5.74) is 1.47. The second-order valence-corrected chi connectivity index (χ2v) is 5.71. The van der Waals surface area contributed by atoms with Gasteiger partial charge in [-0.15, -0.1) is 0 Å². The highest BCUT2D eigenvalue weighted by molar-refractivity contribution is 9.10. The molecule has 0 spiro atoms. The Morgan fingerprint density at radius 1 is 1.16 bits per heavy atom. The van der Waals surface area contributed by atoms with E-state index >= 15 is 0 Å². The summed E-state index contributed by atoms with van der Waals surface area (Å²) in [4.78, 5) is 0. The molecule has 0 aliphatic carbocycles. The van der Waals surface area contributed by atoms with Crippen LogP contribution in [-0.2, 0) is 6.54 Å². The monoisotopic (exact) mass is 387 g/mol. The third kappa shape index (κ3) is 3.70. The molecule has 2 aromatic carbocycles. The predicted molar refractivity (Wildman–Crippen MR) is 82.1 cm³/mol. The van der Waals surface area contributed by atoms with E-state index in [1.165, 1.54) is 6.07 Å². The number of halogens is 3. The lowest BCUT2D eigenvalue weighted by Crippen LogP contribution is -2.02. The van der Waals surface area contributed by atoms with Gasteiger partial charge in [0, 0.05) is 27.1 Å². The summed E-state index contributed by atoms with van der Waals surface area (Å²) in [7, 11) is 1.61. The lowest BCUT2D eigenvalue weighted by Gasteiger charge is -2.11. The molecule has 0 aliphatic heterocycles. The van der Waals surface area contributed by atoms with Gasteiger partial charge in [0.1, 0.15) is 11.6 Å². The minimum Gasteiger partial charge on any atom is -0.497 e. The quantitative estimate of drug-likeness (QED) is 0.798. The molecule has 0 saturated carbocycles. The van der Waals surface area contributed by atoms with Crippen molar-refractivity contribution >= 4 is 37.5 Å². The minimum atomic E-state index is -0.235. The third-order valence-electron chi connectivity index (χ3n) is 2.66. The van der Waals surface area contributed by atoms with Crippen molar-refractivity contribution < 1.29 is 9.13 Å². The average Bonchev–Trinajstić information content (AvgIpc) is 2.39. The fraction of sp³-hybridized carbons (Fsp3) is 0.143. The standard InChI is InChI=1S/C14H12Br2FNO/c1-19-11-4-5-12(16)14(7-11)18-8-9-2-3-10(15)6-13(9)17/h2-7,18H,8H2,1H3. The number of anilines is 1. The van der Waals surface area contributed by atoms with Crippen LogP contribution in [0.4, 0.5) is 10.1 Å². The van der Waals surface area contributed by atoms with Gasteiger partial charge in [-0.2, -0.15) is 0 Å². The highest BCUT2D eigenvalue weighted by Gasteiger charge is 2.05. The summed E-state index contributed by atoms with van der Waals surface area (Å²) in [5.74, 6) is 0.517. The van der Waals surface area contributed by atoms with E-state index in [9.17, 15) is 4.39 Å². The Balaban J connectivity index is 2.14. The van der Waals surface area contributed by atoms with Crippen LogP contribution in [0.25, 0.3) is 0 Å². The van der Waals surface area contributed by atoms with Crippen LogP contribution in [-0.4, -0.2) is 7.11 Å². The highest BCUT2D eigenvalue weighted by Crippen LogP contribution is 2.27. The summed E-state index contributed by atoms with van der Waals surface area (Å²) >= 11 is 6.68. The van der Waals surface area contributed by atoms with Gasteiger partial charge in [-0.1, -0.05) is 22.0 Å². The van der Waals surface area contributed by atoms with E-state index < -0.39 is 0 Å². The van der Waals surface area contributed by atoms with Crippen molar-refractivity contribution in [2.24, 2.45) is 0 Å². The second kappa shape index (κ2) is 6.39. The van der Waals surface area contributed by atoms with E-state index in [0.717, 1.165) is 20.4 Å². The molecule has 0 aliphatic rings. The largest absolute Gasteiger partial charge is 0.497 e. The first-order valence-corrected chi connectivity index (χ1v) is 7.20. The van der Waals surface area contributed by atoms with Crippen molar-refractivity contribution in [1.82, 2.24) is 0 Å². The molecule has 0 aromatic heterocycles. The minimum absolute atomic E-state index is 0.235. The number of rotatable bonds is 4. The Kier molecular flexibility index (Phi) is 4.82. The fourth-order valence-corrected chi connectivity index (χ4v) is 2.34. The summed E-state index contributed by atoms with van der Waals surface area (Å²) in [6, 6.07) is 10.6. The van der Waals surface area contributed by atoms with Crippen molar-refractivity contribution in [3.63, 3.8) is 0 Å². The molecule has 0 amide bonds. The molecule has 0 saturated heterocycles. The van der Waals surface area contributed by atoms with Crippen LogP contribution in [0, 0.1) is 5.82 Å². The zero-order valence-electron chi connectivity index (χ0n) is 10.2. The SMILES string of the molecule is COc1ccc(Br)c(NCc2ccc(Br)cc2F)c1. The molecular weight excluding hydrogens is 377 g/mol. The van der Waals surface area contributed by atoms with Gasteiger partial charge in [0.2, 0.25) is 0 Å². The van der Waals surface area contributed by atoms with Crippen molar-refractivity contribution in [2.75, 3.05) is 12.4 Å². The van der Waals surface area contributed by atoms with Gasteiger partial charge in [0.05, 0.1) is 12.8 Å². The fourth-order valence-electron chi connectivity index (χ4n) is 1.62. The van der Waals surface area contributed by atoms with Crippen molar-refractivity contribution in [3.8, 4) is 5.75 Å². The van der Waals surface area contributed by atoms with Crippen LogP contribution in [0.15, 0.2) is 45.3 Å². The first-order valence-electron chi connectivity index (χ1n) is 5.61. The van der Waals surface area contributed by atoms with Crippen LogP contribution < -0.4 is 10.1 Å². The second-order valence-electron chi connectivity index (χ2n) is 3.94. The molecule has 2 nitrogen and oxygen atoms in total. The van der Waals surface area contributed by atoms with Gasteiger partial charge in [0.25, 0.3) is 0 Å². The first kappa shape index (κ1) is 14.3. The molecule has 1 N–H and O–H groups in total. The molecule has 100 valence electrons. The van der Waals surface area contributed by atoms with E-state index in [2.05, 4.69) is 37.2 Å². The number of nitrogens with one attached hydrogen (secondary N) is 1. The predicted octanol–water partition coefficient (Wildman–Crippen LogP) is 4.97. The molecule has 19 heavy (non-hydrogen) atoms. The summed E-state index contributed by atoms with van der Waals surface area (Å²) in [6.45, 7) is 0.408. The Labute approximate surface area is 128 Å². The van der Waals surface area contributed by atoms with Crippen LogP contribution >= 0.6 is 31.9 Å². The van der Waals surface area contributed by atoms with Gasteiger partial charge in [0.15, 0.2) is 0 Å². The van der Waals surface area contributed by atoms with Crippen molar-refractivity contribution in [2.45, 2.75) is 6.54 Å². The van der Waals surface area contributed by atoms with Crippen LogP contribution in [0.1, 0.15) is 5.56 Å². The number of methoxy groups -OCH3 is 1. The Bertz CT molecular complexity index is 590. The van der Waals surface area contributed by atoms with Gasteiger partial charge >= 0.3 is 0 Å². The summed E-state index contributed by atoms with van der Waals surface area (Å²) in [6.07, 6.45) is 0. The molecule has 0 unspecified atom stereocenters. The number of hydrogen-bond donors (Lipinski definition) is 1. The van der Waals surface area contributed by atoms with Gasteiger partial charge in [-0.3, -0.25) is 0 Å². The smallest absolute Gasteiger partial charge is 0.129 e. The lowest BCUT2D eigenvalue weighted by atomic mass is 10.2. The highest BCUT2D eigenvalue weighted by atomic mass is 79.9. The number of benzene rings is 2. The van der Waals surface area contributed by atoms with Crippen molar-refractivity contribution in [3.05, 3.63) is 56.7 Å². The molecule has 2 rings (SSSR count). The zero-order valence-corrected chi connectivity index (χ0v) is 13.4. The zero-order chi connectivity index (χ0) is 13.8. The van der Waals surface area contributed by atoms with Gasteiger partial charge in [-0.05, 0) is 40.2 Å². The molecule has 5 heteroatoms. The van der Waals surface area contributed by atoms with Crippen LogP contribution in [0.3, 0.4) is 0 Å². The van der Waals surface area contributed by atoms with Crippen LogP contribution in [0.5, 0.6) is 5.75 Å². The van der Waals surface area contributed by atoms with Gasteiger partial charge in [-0.25, -0.2) is 4.39 Å². The maximum absolute atomic E-state index is 13.7. The first-order chi connectivity index (χ1) is 9.10. The average molecular weight is 389 g/mol. The molecule has 0 heterocycles. The van der Waals surface area contributed by atoms with Gasteiger partial charge < -0.3 is 10.1 Å². The van der Waals surface area contributed by atoms with E-state index in [1.54, 1.807) is 13.2 Å². The molecule has 0 fully saturated rings. The maximum Gasteiger partial charge on any atom is 0.129 e. The topological polar surface area (TPSA) is 21.3 Å². The normalized spacial score (nSPS) is 10.3. The van der Waals surface area contributed by atoms with E-state index in [1.807, 2.05) is 24.3 Å². The van der Waals surface area contributed by atoms with Crippen LogP contribution in [0.2, 0.25) is 0 Å². The molecule has 0 bridgehead atoms. The maximum atomic E-state index is 13.7. The number of hydrogen-bond acceptors (Lipinski definition) is 2. The van der Waals surface area contributed by atoms with E-state index in [4.69, 9.17) is 4.74 Å². The third-order valence-corrected chi connectivity index (χ3v) is 3.84. The molecule has 0 atom stereocenters. The summed E-state index contributed by atoms with van der Waals surface area (Å²) in [5, 5.41) is 3.18. The lowest BCUT2D eigenvalue weighted by molar-refractivity contribution is 0.415. The summed E-state index contributed by atoms with van der Waals surface area (Å²) < 4.78 is 20.5. The molecule has 2 aromatic rings. The van der Waals surface area contributed by atoms with E-state index in [0.29, 0.717) is 12.1 Å².